The molecule has 5 nitrogen and oxygen atoms in total. The van der Waals surface area contributed by atoms with E-state index < -0.39 is 0 Å². The van der Waals surface area contributed by atoms with Crippen molar-refractivity contribution in [1.82, 2.24) is 20.2 Å². The molecule has 0 unspecified atom stereocenters. The molecule has 0 bridgehead atoms. The van der Waals surface area contributed by atoms with E-state index in [9.17, 15) is 0 Å². The first-order valence-corrected chi connectivity index (χ1v) is 7.66. The van der Waals surface area contributed by atoms with Gasteiger partial charge < -0.3 is 9.88 Å². The van der Waals surface area contributed by atoms with Gasteiger partial charge in [-0.3, -0.25) is 0 Å². The van der Waals surface area contributed by atoms with Gasteiger partial charge in [0.05, 0.1) is 26.4 Å². The van der Waals surface area contributed by atoms with Crippen LogP contribution in [0.1, 0.15) is 5.56 Å². The topological polar surface area (TPSA) is 58.9 Å². The maximum Gasteiger partial charge on any atom is 0.211 e. The summed E-state index contributed by atoms with van der Waals surface area (Å²) < 4.78 is 0. The minimum absolute atomic E-state index is 0.738. The summed E-state index contributed by atoms with van der Waals surface area (Å²) in [5, 5.41) is 10.4. The fourth-order valence-corrected chi connectivity index (χ4v) is 3.03. The number of H-pyrrole nitrogens is 1. The molecule has 0 radical (unpaired) electrons. The van der Waals surface area contributed by atoms with Crippen molar-refractivity contribution in [2.24, 2.45) is 0 Å². The molecule has 1 aromatic carbocycles. The highest BCUT2D eigenvalue weighted by Gasteiger charge is 2.09. The number of aryl methyl sites for hydroxylation is 1. The summed E-state index contributed by atoms with van der Waals surface area (Å²) in [7, 11) is 4.28. The summed E-state index contributed by atoms with van der Waals surface area (Å²) >= 11 is 1.65. The van der Waals surface area contributed by atoms with Gasteiger partial charge in [0.15, 0.2) is 5.65 Å². The number of benzene rings is 1. The van der Waals surface area contributed by atoms with Gasteiger partial charge in [-0.15, -0.1) is 10.2 Å². The van der Waals surface area contributed by atoms with Crippen LogP contribution in [0.3, 0.4) is 0 Å². The molecule has 0 saturated carbocycles. The first-order chi connectivity index (χ1) is 9.63. The lowest BCUT2D eigenvalue weighted by Gasteiger charge is -2.05. The van der Waals surface area contributed by atoms with Gasteiger partial charge in [0.2, 0.25) is 5.16 Å². The largest absolute Gasteiger partial charge is 0.339 e. The average Bonchev–Trinajstić information content (AvgIpc) is 2.75. The van der Waals surface area contributed by atoms with Crippen molar-refractivity contribution in [2.75, 3.05) is 26.4 Å². The van der Waals surface area contributed by atoms with Crippen LogP contribution in [0.5, 0.6) is 0 Å². The van der Waals surface area contributed by atoms with E-state index in [4.69, 9.17) is 0 Å². The van der Waals surface area contributed by atoms with Crippen LogP contribution >= 0.6 is 11.8 Å². The normalized spacial score (nSPS) is 11.8. The van der Waals surface area contributed by atoms with Gasteiger partial charge in [-0.25, -0.2) is 4.98 Å². The Morgan fingerprint density at radius 3 is 2.90 bits per heavy atom. The molecule has 104 valence electrons. The Morgan fingerprint density at radius 2 is 2.10 bits per heavy atom. The molecule has 3 aromatic rings. The summed E-state index contributed by atoms with van der Waals surface area (Å²) in [6.45, 7) is 3.16. The second-order valence-electron chi connectivity index (χ2n) is 5.27. The maximum atomic E-state index is 4.56. The third-order valence-electron chi connectivity index (χ3n) is 3.18. The molecular weight excluding hydrogens is 270 g/mol. The van der Waals surface area contributed by atoms with E-state index in [1.807, 2.05) is 0 Å². The minimum Gasteiger partial charge on any atom is -0.339 e. The Labute approximate surface area is 121 Å². The highest BCUT2D eigenvalue weighted by atomic mass is 32.2. The molecule has 2 aromatic heterocycles. The number of aromatic nitrogens is 4. The van der Waals surface area contributed by atoms with E-state index in [0.29, 0.717) is 0 Å². The Balaban J connectivity index is 1.93. The molecule has 2 heterocycles. The molecule has 3 rings (SSSR count). The van der Waals surface area contributed by atoms with Crippen LogP contribution in [0.25, 0.3) is 22.1 Å². The Morgan fingerprint density at radius 1 is 1.25 bits per heavy atom. The Hall–Kier alpha value is -1.66. The Bertz CT molecular complexity index is 750. The standard InChI is InChI=1S/C14H17N5S/c1-9-4-5-11-10(8-9)12-13(15-11)16-14(18-17-12)20-7-6-19(2)3/h4-5,8H,6-7H2,1-3H3,(H,15,16,18)/p+1. The lowest BCUT2D eigenvalue weighted by atomic mass is 10.2. The second-order valence-corrected chi connectivity index (χ2v) is 6.33. The zero-order chi connectivity index (χ0) is 14.1. The SMILES string of the molecule is Cc1ccc2[nH]c3nc(SCC[NH+](C)C)nnc3c2c1. The first-order valence-electron chi connectivity index (χ1n) is 6.68. The van der Waals surface area contributed by atoms with Crippen LogP contribution < -0.4 is 4.90 Å². The summed E-state index contributed by atoms with van der Waals surface area (Å²) in [6.07, 6.45) is 0. The quantitative estimate of drug-likeness (QED) is 0.705. The van der Waals surface area contributed by atoms with Crippen molar-refractivity contribution < 1.29 is 4.90 Å². The first kappa shape index (κ1) is 13.3. The van der Waals surface area contributed by atoms with E-state index in [1.54, 1.807) is 11.8 Å². The van der Waals surface area contributed by atoms with Crippen molar-refractivity contribution >= 4 is 33.8 Å². The smallest absolute Gasteiger partial charge is 0.211 e. The highest BCUT2D eigenvalue weighted by Crippen LogP contribution is 2.24. The Kier molecular flexibility index (Phi) is 3.58. The number of thioether (sulfide) groups is 1. The minimum atomic E-state index is 0.738. The predicted octanol–water partition coefficient (Wildman–Crippen LogP) is 1.05. The number of aromatic amines is 1. The molecule has 0 saturated heterocycles. The van der Waals surface area contributed by atoms with Gasteiger partial charge in [0, 0.05) is 10.9 Å². The number of hydrogen-bond acceptors (Lipinski definition) is 4. The van der Waals surface area contributed by atoms with Crippen LogP contribution in [0.2, 0.25) is 0 Å². The third kappa shape index (κ3) is 2.62. The number of nitrogens with zero attached hydrogens (tertiary/aromatic N) is 3. The van der Waals surface area contributed by atoms with Crippen LogP contribution in [0.15, 0.2) is 23.4 Å². The molecule has 0 aliphatic carbocycles. The lowest BCUT2D eigenvalue weighted by molar-refractivity contribution is -0.855. The van der Waals surface area contributed by atoms with Crippen molar-refractivity contribution in [2.45, 2.75) is 12.1 Å². The molecule has 0 fully saturated rings. The molecule has 0 aliphatic heterocycles. The van der Waals surface area contributed by atoms with E-state index >= 15 is 0 Å². The van der Waals surface area contributed by atoms with Crippen LogP contribution in [0, 0.1) is 6.92 Å². The number of quaternary nitrogens is 1. The maximum absolute atomic E-state index is 4.56. The van der Waals surface area contributed by atoms with Gasteiger partial charge >= 0.3 is 0 Å². The van der Waals surface area contributed by atoms with Crippen LogP contribution in [-0.4, -0.2) is 46.6 Å². The molecule has 0 aliphatic rings. The zero-order valence-electron chi connectivity index (χ0n) is 11.9. The van der Waals surface area contributed by atoms with Crippen molar-refractivity contribution in [1.29, 1.82) is 0 Å². The lowest BCUT2D eigenvalue weighted by Crippen LogP contribution is -3.06. The molecule has 0 atom stereocenters. The molecule has 0 amide bonds. The van der Waals surface area contributed by atoms with Crippen LogP contribution in [0.4, 0.5) is 0 Å². The highest BCUT2D eigenvalue weighted by molar-refractivity contribution is 7.99. The molecule has 2 N–H and O–H groups in total. The molecule has 0 spiro atoms. The van der Waals surface area contributed by atoms with Gasteiger partial charge in [0.1, 0.15) is 5.52 Å². The van der Waals surface area contributed by atoms with Crippen molar-refractivity contribution in [3.05, 3.63) is 23.8 Å². The zero-order valence-corrected chi connectivity index (χ0v) is 12.7. The van der Waals surface area contributed by atoms with E-state index in [2.05, 4.69) is 59.4 Å². The molecular formula is C14H18N5S+. The third-order valence-corrected chi connectivity index (χ3v) is 4.02. The average molecular weight is 288 g/mol. The monoisotopic (exact) mass is 288 g/mol. The summed E-state index contributed by atoms with van der Waals surface area (Å²) in [5.74, 6) is 0.995. The predicted molar refractivity (Wildman–Crippen MR) is 82.3 cm³/mol. The van der Waals surface area contributed by atoms with Gasteiger partial charge in [-0.05, 0) is 19.1 Å². The molecule has 20 heavy (non-hydrogen) atoms. The van der Waals surface area contributed by atoms with Gasteiger partial charge in [-0.2, -0.15) is 0 Å². The molecule has 6 heteroatoms. The fraction of sp³-hybridized carbons (Fsp3) is 0.357. The number of rotatable bonds is 4. The van der Waals surface area contributed by atoms with E-state index in [-0.39, 0.29) is 0 Å². The summed E-state index contributed by atoms with van der Waals surface area (Å²) in [5.41, 5.74) is 3.95. The number of fused-ring (bicyclic) bond motifs is 3. The van der Waals surface area contributed by atoms with Crippen molar-refractivity contribution in [3.8, 4) is 0 Å². The van der Waals surface area contributed by atoms with Crippen LogP contribution in [-0.2, 0) is 0 Å². The van der Waals surface area contributed by atoms with E-state index in [0.717, 1.165) is 39.5 Å². The number of nitrogens with one attached hydrogen (secondary N) is 2. The second kappa shape index (κ2) is 5.38. The fourth-order valence-electron chi connectivity index (χ4n) is 2.08. The van der Waals surface area contributed by atoms with Crippen molar-refractivity contribution in [3.63, 3.8) is 0 Å². The van der Waals surface area contributed by atoms with Gasteiger partial charge in [0.25, 0.3) is 0 Å². The van der Waals surface area contributed by atoms with Gasteiger partial charge in [-0.1, -0.05) is 23.4 Å². The summed E-state index contributed by atoms with van der Waals surface area (Å²) in [4.78, 5) is 9.30. The summed E-state index contributed by atoms with van der Waals surface area (Å²) in [6, 6.07) is 6.27. The number of hydrogen-bond donors (Lipinski definition) is 2. The van der Waals surface area contributed by atoms with E-state index in [1.165, 1.54) is 10.5 Å².